The first kappa shape index (κ1) is 12.3. The quantitative estimate of drug-likeness (QED) is 0.719. The van der Waals surface area contributed by atoms with Crippen LogP contribution in [-0.2, 0) is 0 Å². The zero-order valence-corrected chi connectivity index (χ0v) is 12.0. The van der Waals surface area contributed by atoms with Crippen molar-refractivity contribution < 1.29 is 0 Å². The van der Waals surface area contributed by atoms with Gasteiger partial charge in [-0.3, -0.25) is 5.10 Å². The molecule has 0 spiro atoms. The molecule has 1 fully saturated rings. The second-order valence-electron chi connectivity index (χ2n) is 4.83. The molecular formula is C12H14N8S. The molecule has 1 saturated heterocycles. The van der Waals surface area contributed by atoms with E-state index in [0.717, 1.165) is 42.5 Å². The van der Waals surface area contributed by atoms with Gasteiger partial charge in [-0.2, -0.15) is 15.1 Å². The van der Waals surface area contributed by atoms with Gasteiger partial charge in [0, 0.05) is 37.8 Å². The van der Waals surface area contributed by atoms with Gasteiger partial charge in [-0.15, -0.1) is 11.3 Å². The lowest BCUT2D eigenvalue weighted by Gasteiger charge is -2.35. The van der Waals surface area contributed by atoms with E-state index in [0.29, 0.717) is 5.65 Å². The number of anilines is 3. The van der Waals surface area contributed by atoms with Crippen LogP contribution in [0, 0.1) is 0 Å². The standard InChI is InChI=1S/C12H14N8S/c13-11-16-9-8(7-15-18-9)10(17-11)19-2-4-20(5-3-19)12-14-1-6-21-12/h1,6-7H,2-5H2,(H3,13,15,16,17,18). The van der Waals surface area contributed by atoms with Gasteiger partial charge in [-0.05, 0) is 0 Å². The van der Waals surface area contributed by atoms with Gasteiger partial charge in [0.1, 0.15) is 5.82 Å². The van der Waals surface area contributed by atoms with Crippen LogP contribution in [0.25, 0.3) is 11.0 Å². The van der Waals surface area contributed by atoms with Crippen LogP contribution in [0.2, 0.25) is 0 Å². The third-order valence-electron chi connectivity index (χ3n) is 3.58. The Morgan fingerprint density at radius 1 is 1.14 bits per heavy atom. The molecular weight excluding hydrogens is 288 g/mol. The molecule has 0 unspecified atom stereocenters. The highest BCUT2D eigenvalue weighted by Gasteiger charge is 2.22. The third-order valence-corrected chi connectivity index (χ3v) is 4.41. The lowest BCUT2D eigenvalue weighted by atomic mass is 10.3. The van der Waals surface area contributed by atoms with Crippen LogP contribution in [-0.4, -0.2) is 51.3 Å². The molecule has 3 aromatic rings. The van der Waals surface area contributed by atoms with Gasteiger partial charge < -0.3 is 15.5 Å². The maximum absolute atomic E-state index is 5.78. The minimum absolute atomic E-state index is 0.268. The van der Waals surface area contributed by atoms with Gasteiger partial charge in [0.25, 0.3) is 0 Å². The molecule has 0 aliphatic carbocycles. The second-order valence-corrected chi connectivity index (χ2v) is 5.70. The largest absolute Gasteiger partial charge is 0.368 e. The number of thiazole rings is 1. The maximum atomic E-state index is 5.78. The molecule has 3 aromatic heterocycles. The molecule has 4 rings (SSSR count). The van der Waals surface area contributed by atoms with Gasteiger partial charge in [0.2, 0.25) is 5.95 Å². The summed E-state index contributed by atoms with van der Waals surface area (Å²) in [5, 5.41) is 10.9. The van der Waals surface area contributed by atoms with E-state index in [-0.39, 0.29) is 5.95 Å². The fourth-order valence-electron chi connectivity index (χ4n) is 2.56. The SMILES string of the molecule is Nc1nc(N2CCN(c3nccs3)CC2)c2cn[nH]c2n1. The first-order valence-electron chi connectivity index (χ1n) is 6.67. The van der Waals surface area contributed by atoms with Crippen molar-refractivity contribution in [3.63, 3.8) is 0 Å². The first-order valence-corrected chi connectivity index (χ1v) is 7.55. The highest BCUT2D eigenvalue weighted by atomic mass is 32.1. The van der Waals surface area contributed by atoms with E-state index in [9.17, 15) is 0 Å². The molecule has 0 radical (unpaired) electrons. The highest BCUT2D eigenvalue weighted by molar-refractivity contribution is 7.13. The lowest BCUT2D eigenvalue weighted by molar-refractivity contribution is 0.648. The Kier molecular flexibility index (Phi) is 2.85. The number of piperazine rings is 1. The Hall–Kier alpha value is -2.42. The normalized spacial score (nSPS) is 15.8. The number of hydrogen-bond donors (Lipinski definition) is 2. The van der Waals surface area contributed by atoms with Crippen molar-refractivity contribution in [3.05, 3.63) is 17.8 Å². The highest BCUT2D eigenvalue weighted by Crippen LogP contribution is 2.26. The predicted molar refractivity (Wildman–Crippen MR) is 82.6 cm³/mol. The van der Waals surface area contributed by atoms with E-state index in [1.807, 2.05) is 11.6 Å². The molecule has 0 amide bonds. The monoisotopic (exact) mass is 302 g/mol. The van der Waals surface area contributed by atoms with E-state index in [4.69, 9.17) is 5.73 Å². The van der Waals surface area contributed by atoms with Crippen molar-refractivity contribution in [1.82, 2.24) is 25.1 Å². The van der Waals surface area contributed by atoms with E-state index in [1.54, 1.807) is 17.5 Å². The Morgan fingerprint density at radius 2 is 1.95 bits per heavy atom. The van der Waals surface area contributed by atoms with Gasteiger partial charge in [0.15, 0.2) is 10.8 Å². The Balaban J connectivity index is 1.59. The molecule has 9 heteroatoms. The number of hydrogen-bond acceptors (Lipinski definition) is 8. The first-order chi connectivity index (χ1) is 10.3. The summed E-state index contributed by atoms with van der Waals surface area (Å²) in [7, 11) is 0. The molecule has 108 valence electrons. The number of rotatable bonds is 2. The Bertz CT molecular complexity index is 744. The van der Waals surface area contributed by atoms with Gasteiger partial charge in [-0.25, -0.2) is 4.98 Å². The van der Waals surface area contributed by atoms with Gasteiger partial charge in [-0.1, -0.05) is 0 Å². The molecule has 3 N–H and O–H groups in total. The number of nitrogens with zero attached hydrogens (tertiary/aromatic N) is 6. The zero-order chi connectivity index (χ0) is 14.2. The topological polar surface area (TPSA) is 99.9 Å². The van der Waals surface area contributed by atoms with Crippen molar-refractivity contribution in [3.8, 4) is 0 Å². The molecule has 0 saturated carbocycles. The molecule has 1 aliphatic heterocycles. The third kappa shape index (κ3) is 2.15. The van der Waals surface area contributed by atoms with Gasteiger partial charge >= 0.3 is 0 Å². The fraction of sp³-hybridized carbons (Fsp3) is 0.333. The van der Waals surface area contributed by atoms with Crippen molar-refractivity contribution >= 4 is 39.3 Å². The van der Waals surface area contributed by atoms with Crippen molar-refractivity contribution in [2.24, 2.45) is 0 Å². The second kappa shape index (κ2) is 4.85. The van der Waals surface area contributed by atoms with Crippen LogP contribution in [0.15, 0.2) is 17.8 Å². The number of fused-ring (bicyclic) bond motifs is 1. The van der Waals surface area contributed by atoms with E-state index in [2.05, 4.69) is 34.9 Å². The molecule has 1 aliphatic rings. The van der Waals surface area contributed by atoms with Crippen molar-refractivity contribution in [1.29, 1.82) is 0 Å². The van der Waals surface area contributed by atoms with Crippen LogP contribution in [0.5, 0.6) is 0 Å². The number of nitrogens with two attached hydrogens (primary N) is 1. The fourth-order valence-corrected chi connectivity index (χ4v) is 3.26. The number of aromatic nitrogens is 5. The predicted octanol–water partition coefficient (Wildman–Crippen LogP) is 0.718. The average molecular weight is 302 g/mol. The van der Waals surface area contributed by atoms with Crippen molar-refractivity contribution in [2.45, 2.75) is 0 Å². The number of nitrogen functional groups attached to an aromatic ring is 1. The number of H-pyrrole nitrogens is 1. The van der Waals surface area contributed by atoms with Gasteiger partial charge in [0.05, 0.1) is 11.6 Å². The molecule has 0 atom stereocenters. The van der Waals surface area contributed by atoms with Crippen LogP contribution in [0.3, 0.4) is 0 Å². The summed E-state index contributed by atoms with van der Waals surface area (Å²) in [5.41, 5.74) is 6.46. The van der Waals surface area contributed by atoms with Crippen LogP contribution >= 0.6 is 11.3 Å². The van der Waals surface area contributed by atoms with Crippen molar-refractivity contribution in [2.75, 3.05) is 41.7 Å². The molecule has 0 aromatic carbocycles. The Labute approximate surface area is 124 Å². The smallest absolute Gasteiger partial charge is 0.224 e. The van der Waals surface area contributed by atoms with E-state index in [1.165, 1.54) is 0 Å². The van der Waals surface area contributed by atoms with Crippen LogP contribution in [0.1, 0.15) is 0 Å². The van der Waals surface area contributed by atoms with E-state index < -0.39 is 0 Å². The van der Waals surface area contributed by atoms with Crippen LogP contribution < -0.4 is 15.5 Å². The average Bonchev–Trinajstić information content (AvgIpc) is 3.17. The Morgan fingerprint density at radius 3 is 2.71 bits per heavy atom. The lowest BCUT2D eigenvalue weighted by Crippen LogP contribution is -2.47. The maximum Gasteiger partial charge on any atom is 0.224 e. The summed E-state index contributed by atoms with van der Waals surface area (Å²) in [4.78, 5) is 17.4. The minimum atomic E-state index is 0.268. The summed E-state index contributed by atoms with van der Waals surface area (Å²) >= 11 is 1.67. The molecule has 8 nitrogen and oxygen atoms in total. The molecule has 0 bridgehead atoms. The summed E-state index contributed by atoms with van der Waals surface area (Å²) in [6, 6.07) is 0. The number of nitrogens with one attached hydrogen (secondary N) is 1. The minimum Gasteiger partial charge on any atom is -0.368 e. The number of aromatic amines is 1. The molecule has 21 heavy (non-hydrogen) atoms. The van der Waals surface area contributed by atoms with Crippen LogP contribution in [0.4, 0.5) is 16.9 Å². The summed E-state index contributed by atoms with van der Waals surface area (Å²) in [5.74, 6) is 1.12. The summed E-state index contributed by atoms with van der Waals surface area (Å²) in [6.07, 6.45) is 3.59. The summed E-state index contributed by atoms with van der Waals surface area (Å²) in [6.45, 7) is 3.57. The van der Waals surface area contributed by atoms with E-state index >= 15 is 0 Å². The zero-order valence-electron chi connectivity index (χ0n) is 11.2. The molecule has 4 heterocycles. The summed E-state index contributed by atoms with van der Waals surface area (Å²) < 4.78 is 0.